The number of aromatic nitrogens is 1. The van der Waals surface area contributed by atoms with Crippen LogP contribution in [-0.4, -0.2) is 18.1 Å². The second-order valence-corrected chi connectivity index (χ2v) is 4.09. The van der Waals surface area contributed by atoms with Gasteiger partial charge in [0, 0.05) is 13.0 Å². The molecule has 0 bridgehead atoms. The van der Waals surface area contributed by atoms with Gasteiger partial charge in [0.15, 0.2) is 22.6 Å². The molecule has 1 N–H and O–H groups in total. The maximum Gasteiger partial charge on any atom is 0.196 e. The van der Waals surface area contributed by atoms with Gasteiger partial charge in [-0.05, 0) is 36.7 Å². The van der Waals surface area contributed by atoms with Gasteiger partial charge in [-0.15, -0.1) is 0 Å². The Morgan fingerprint density at radius 2 is 2.12 bits per heavy atom. The molecule has 2 heterocycles. The fourth-order valence-corrected chi connectivity index (χ4v) is 1.63. The van der Waals surface area contributed by atoms with E-state index in [0.29, 0.717) is 22.6 Å². The molecule has 92 valence electrons. The van der Waals surface area contributed by atoms with E-state index in [0.717, 1.165) is 25.9 Å². The summed E-state index contributed by atoms with van der Waals surface area (Å²) in [7, 11) is 0. The summed E-state index contributed by atoms with van der Waals surface area (Å²) in [5.41, 5.74) is 0. The lowest BCUT2D eigenvalue weighted by molar-refractivity contribution is 0.475. The van der Waals surface area contributed by atoms with Crippen molar-refractivity contribution < 1.29 is 8.83 Å². The molecule has 0 radical (unpaired) electrons. The first-order chi connectivity index (χ1) is 8.29. The first-order valence-electron chi connectivity index (χ1n) is 5.70. The monoisotopic (exact) mass is 254 g/mol. The first kappa shape index (κ1) is 12.2. The molecule has 2 aromatic heterocycles. The van der Waals surface area contributed by atoms with Crippen LogP contribution < -0.4 is 5.32 Å². The first-order valence-corrected chi connectivity index (χ1v) is 6.08. The maximum atomic E-state index is 5.70. The van der Waals surface area contributed by atoms with Gasteiger partial charge in [-0.1, -0.05) is 6.92 Å². The molecule has 0 atom stereocenters. The number of nitrogens with zero attached hydrogens (tertiary/aromatic N) is 1. The minimum absolute atomic E-state index is 0.350. The van der Waals surface area contributed by atoms with Crippen molar-refractivity contribution in [3.8, 4) is 11.5 Å². The van der Waals surface area contributed by atoms with Crippen molar-refractivity contribution in [1.29, 1.82) is 0 Å². The molecule has 0 aliphatic rings. The van der Waals surface area contributed by atoms with Crippen LogP contribution in [0.1, 0.15) is 19.2 Å². The van der Waals surface area contributed by atoms with E-state index in [1.165, 1.54) is 0 Å². The lowest BCUT2D eigenvalue weighted by atomic mass is 10.4. The molecular weight excluding hydrogens is 240 g/mol. The SMILES string of the molecule is CCCNCCc1ncc(-c2ccc(Cl)o2)o1. The van der Waals surface area contributed by atoms with Crippen molar-refractivity contribution in [3.63, 3.8) is 0 Å². The summed E-state index contributed by atoms with van der Waals surface area (Å²) in [6.45, 7) is 4.02. The van der Waals surface area contributed by atoms with Crippen LogP contribution >= 0.6 is 11.6 Å². The summed E-state index contributed by atoms with van der Waals surface area (Å²) in [6.07, 6.45) is 3.56. The van der Waals surface area contributed by atoms with Crippen molar-refractivity contribution in [2.45, 2.75) is 19.8 Å². The van der Waals surface area contributed by atoms with Crippen molar-refractivity contribution >= 4 is 11.6 Å². The lowest BCUT2D eigenvalue weighted by Crippen LogP contribution is -2.17. The number of hydrogen-bond donors (Lipinski definition) is 1. The van der Waals surface area contributed by atoms with Gasteiger partial charge in [0.25, 0.3) is 0 Å². The van der Waals surface area contributed by atoms with E-state index in [4.69, 9.17) is 20.4 Å². The van der Waals surface area contributed by atoms with E-state index < -0.39 is 0 Å². The molecule has 0 aliphatic heterocycles. The van der Waals surface area contributed by atoms with Gasteiger partial charge in [0.1, 0.15) is 0 Å². The molecule has 0 aromatic carbocycles. The zero-order valence-corrected chi connectivity index (χ0v) is 10.5. The summed E-state index contributed by atoms with van der Waals surface area (Å²) in [5.74, 6) is 1.92. The van der Waals surface area contributed by atoms with Crippen LogP contribution in [0.15, 0.2) is 27.2 Å². The van der Waals surface area contributed by atoms with E-state index in [2.05, 4.69) is 17.2 Å². The average Bonchev–Trinajstić information content (AvgIpc) is 2.93. The third kappa shape index (κ3) is 3.35. The zero-order chi connectivity index (χ0) is 12.1. The molecule has 17 heavy (non-hydrogen) atoms. The van der Waals surface area contributed by atoms with Crippen molar-refractivity contribution in [3.05, 3.63) is 29.4 Å². The normalized spacial score (nSPS) is 10.9. The van der Waals surface area contributed by atoms with Gasteiger partial charge in [0.05, 0.1) is 6.20 Å². The highest BCUT2D eigenvalue weighted by atomic mass is 35.5. The van der Waals surface area contributed by atoms with Crippen LogP contribution in [0.4, 0.5) is 0 Å². The molecule has 2 rings (SSSR count). The number of nitrogens with one attached hydrogen (secondary N) is 1. The van der Waals surface area contributed by atoms with E-state index in [1.807, 2.05) is 0 Å². The smallest absolute Gasteiger partial charge is 0.196 e. The number of furan rings is 1. The number of halogens is 1. The Bertz CT molecular complexity index is 465. The molecule has 0 aliphatic carbocycles. The number of oxazole rings is 1. The van der Waals surface area contributed by atoms with Crippen LogP contribution in [0.3, 0.4) is 0 Å². The van der Waals surface area contributed by atoms with Gasteiger partial charge in [0.2, 0.25) is 0 Å². The van der Waals surface area contributed by atoms with Crippen molar-refractivity contribution in [2.24, 2.45) is 0 Å². The quantitative estimate of drug-likeness (QED) is 0.805. The van der Waals surface area contributed by atoms with Crippen molar-refractivity contribution in [1.82, 2.24) is 10.3 Å². The number of rotatable bonds is 6. The largest absolute Gasteiger partial charge is 0.441 e. The van der Waals surface area contributed by atoms with E-state index in [9.17, 15) is 0 Å². The average molecular weight is 255 g/mol. The fraction of sp³-hybridized carbons (Fsp3) is 0.417. The van der Waals surface area contributed by atoms with Crippen LogP contribution in [-0.2, 0) is 6.42 Å². The minimum atomic E-state index is 0.350. The van der Waals surface area contributed by atoms with Gasteiger partial charge in [-0.25, -0.2) is 4.98 Å². The van der Waals surface area contributed by atoms with Crippen LogP contribution in [0, 0.1) is 0 Å². The van der Waals surface area contributed by atoms with Gasteiger partial charge < -0.3 is 14.2 Å². The predicted molar refractivity (Wildman–Crippen MR) is 66.1 cm³/mol. The van der Waals surface area contributed by atoms with E-state index >= 15 is 0 Å². The molecule has 0 unspecified atom stereocenters. The summed E-state index contributed by atoms with van der Waals surface area (Å²) in [6, 6.07) is 3.45. The Balaban J connectivity index is 1.92. The lowest BCUT2D eigenvalue weighted by Gasteiger charge is -1.98. The molecule has 5 heteroatoms. The molecule has 0 amide bonds. The Kier molecular flexibility index (Phi) is 4.23. The highest BCUT2D eigenvalue weighted by Crippen LogP contribution is 2.25. The molecule has 0 fully saturated rings. The van der Waals surface area contributed by atoms with Crippen molar-refractivity contribution in [2.75, 3.05) is 13.1 Å². The molecule has 0 spiro atoms. The van der Waals surface area contributed by atoms with Crippen LogP contribution in [0.2, 0.25) is 5.22 Å². The highest BCUT2D eigenvalue weighted by molar-refractivity contribution is 6.28. The van der Waals surface area contributed by atoms with Gasteiger partial charge >= 0.3 is 0 Å². The third-order valence-electron chi connectivity index (χ3n) is 2.31. The molecule has 4 nitrogen and oxygen atoms in total. The maximum absolute atomic E-state index is 5.70. The summed E-state index contributed by atoms with van der Waals surface area (Å²) in [4.78, 5) is 4.19. The second kappa shape index (κ2) is 5.89. The minimum Gasteiger partial charge on any atom is -0.441 e. The Hall–Kier alpha value is -1.26. The molecular formula is C12H15ClN2O2. The standard InChI is InChI=1S/C12H15ClN2O2/c1-2-6-14-7-5-12-15-8-10(17-12)9-3-4-11(13)16-9/h3-4,8,14H,2,5-7H2,1H3. The van der Waals surface area contributed by atoms with Crippen LogP contribution in [0.25, 0.3) is 11.5 Å². The summed E-state index contributed by atoms with van der Waals surface area (Å²) >= 11 is 5.70. The van der Waals surface area contributed by atoms with E-state index in [-0.39, 0.29) is 0 Å². The zero-order valence-electron chi connectivity index (χ0n) is 9.70. The Morgan fingerprint density at radius 3 is 2.82 bits per heavy atom. The van der Waals surface area contributed by atoms with Gasteiger partial charge in [-0.2, -0.15) is 0 Å². The number of hydrogen-bond acceptors (Lipinski definition) is 4. The van der Waals surface area contributed by atoms with Crippen LogP contribution in [0.5, 0.6) is 0 Å². The molecule has 0 saturated heterocycles. The summed E-state index contributed by atoms with van der Waals surface area (Å²) in [5, 5.41) is 3.64. The topological polar surface area (TPSA) is 51.2 Å². The fourth-order valence-electron chi connectivity index (χ4n) is 1.48. The summed E-state index contributed by atoms with van der Waals surface area (Å²) < 4.78 is 10.8. The third-order valence-corrected chi connectivity index (χ3v) is 2.52. The van der Waals surface area contributed by atoms with Gasteiger partial charge in [-0.3, -0.25) is 0 Å². The van der Waals surface area contributed by atoms with E-state index in [1.54, 1.807) is 18.3 Å². The highest BCUT2D eigenvalue weighted by Gasteiger charge is 2.09. The second-order valence-electron chi connectivity index (χ2n) is 3.72. The predicted octanol–water partition coefficient (Wildman–Crippen LogP) is 3.13. The molecule has 2 aromatic rings. The Labute approximate surface area is 105 Å². The molecule has 0 saturated carbocycles. The Morgan fingerprint density at radius 1 is 1.24 bits per heavy atom.